The summed E-state index contributed by atoms with van der Waals surface area (Å²) in [6, 6.07) is -0.477. The molecule has 0 aromatic heterocycles. The average Bonchev–Trinajstić information content (AvgIpc) is 2.87. The van der Waals surface area contributed by atoms with Crippen molar-refractivity contribution in [3.8, 4) is 0 Å². The van der Waals surface area contributed by atoms with E-state index in [1.54, 1.807) is 0 Å². The number of hydrogen-bond acceptors (Lipinski definition) is 5. The fraction of sp³-hybridized carbons (Fsp3) is 0.727. The number of carbonyl (C=O) groups excluding carboxylic acids is 2. The van der Waals surface area contributed by atoms with Crippen LogP contribution in [0.4, 0.5) is 0 Å². The Kier molecular flexibility index (Phi) is 4.31. The highest BCUT2D eigenvalue weighted by Crippen LogP contribution is 2.23. The largest absolute Gasteiger partial charge is 0.479 e. The summed E-state index contributed by atoms with van der Waals surface area (Å²) in [4.78, 5) is 37.7. The van der Waals surface area contributed by atoms with E-state index < -0.39 is 18.1 Å². The molecule has 1 N–H and O–H groups in total. The highest BCUT2D eigenvalue weighted by molar-refractivity contribution is 7.99. The lowest BCUT2D eigenvalue weighted by Gasteiger charge is -2.34. The first kappa shape index (κ1) is 14.1. The molecule has 0 bridgehead atoms. The molecule has 2 rings (SSSR count). The van der Waals surface area contributed by atoms with Crippen molar-refractivity contribution < 1.29 is 24.2 Å². The first-order valence-corrected chi connectivity index (χ1v) is 7.14. The Hall–Kier alpha value is -1.28. The number of carboxylic acids is 1. The summed E-state index contributed by atoms with van der Waals surface area (Å²) < 4.78 is 5.08. The molecule has 2 fully saturated rings. The molecule has 2 aliphatic heterocycles. The van der Waals surface area contributed by atoms with E-state index >= 15 is 0 Å². The van der Waals surface area contributed by atoms with Gasteiger partial charge in [-0.2, -0.15) is 0 Å². The third-order valence-corrected chi connectivity index (χ3v) is 4.24. The van der Waals surface area contributed by atoms with Gasteiger partial charge in [0.15, 0.2) is 6.10 Å². The highest BCUT2D eigenvalue weighted by atomic mass is 32.2. The predicted molar refractivity (Wildman–Crippen MR) is 67.6 cm³/mol. The van der Waals surface area contributed by atoms with Crippen LogP contribution in [0, 0.1) is 0 Å². The number of hydrogen-bond donors (Lipinski definition) is 1. The molecule has 2 saturated heterocycles. The van der Waals surface area contributed by atoms with Gasteiger partial charge < -0.3 is 19.6 Å². The lowest BCUT2D eigenvalue weighted by molar-refractivity contribution is -0.161. The Morgan fingerprint density at radius 2 is 2.11 bits per heavy atom. The maximum Gasteiger partial charge on any atom is 0.334 e. The fourth-order valence-electron chi connectivity index (χ4n) is 2.17. The Morgan fingerprint density at radius 1 is 1.37 bits per heavy atom. The molecule has 2 heterocycles. The molecule has 0 spiro atoms. The number of aliphatic carboxylic acids is 1. The molecular formula is C11H16N2O5S. The molecule has 0 aliphatic carbocycles. The van der Waals surface area contributed by atoms with Crippen LogP contribution in [0.15, 0.2) is 0 Å². The minimum Gasteiger partial charge on any atom is -0.479 e. The normalized spacial score (nSPS) is 27.4. The van der Waals surface area contributed by atoms with E-state index in [4.69, 9.17) is 9.84 Å². The number of carboxylic acid groups (broad SMARTS) is 1. The predicted octanol–water partition coefficient (Wildman–Crippen LogP) is -0.780. The van der Waals surface area contributed by atoms with E-state index in [1.807, 2.05) is 0 Å². The molecule has 2 amide bonds. The molecule has 2 atom stereocenters. The summed E-state index contributed by atoms with van der Waals surface area (Å²) in [5.74, 6) is -0.311. The Bertz CT molecular complexity index is 403. The molecule has 8 heteroatoms. The number of ether oxygens (including phenoxy) is 1. The van der Waals surface area contributed by atoms with Gasteiger partial charge in [-0.3, -0.25) is 9.59 Å². The van der Waals surface area contributed by atoms with Gasteiger partial charge in [0.25, 0.3) is 0 Å². The van der Waals surface area contributed by atoms with E-state index in [0.29, 0.717) is 18.2 Å². The number of carbonyl (C=O) groups is 3. The third kappa shape index (κ3) is 3.01. The molecule has 0 radical (unpaired) electrons. The van der Waals surface area contributed by atoms with Gasteiger partial charge in [-0.05, 0) is 0 Å². The topological polar surface area (TPSA) is 87.2 Å². The summed E-state index contributed by atoms with van der Waals surface area (Å²) in [6.07, 6.45) is -0.975. The molecular weight excluding hydrogens is 272 g/mol. The van der Waals surface area contributed by atoms with Crippen LogP contribution in [0.1, 0.15) is 6.92 Å². The number of nitrogens with zero attached hydrogens (tertiary/aromatic N) is 2. The first-order valence-electron chi connectivity index (χ1n) is 5.99. The second-order valence-electron chi connectivity index (χ2n) is 4.49. The molecule has 106 valence electrons. The van der Waals surface area contributed by atoms with Crippen LogP contribution >= 0.6 is 11.8 Å². The summed E-state index contributed by atoms with van der Waals surface area (Å²) in [6.45, 7) is 2.06. The minimum absolute atomic E-state index is 0.0427. The van der Waals surface area contributed by atoms with Crippen molar-refractivity contribution in [2.75, 3.05) is 31.3 Å². The Morgan fingerprint density at radius 3 is 2.74 bits per heavy atom. The zero-order chi connectivity index (χ0) is 14.0. The second kappa shape index (κ2) is 5.79. The fourth-order valence-corrected chi connectivity index (χ4v) is 3.38. The Labute approximate surface area is 114 Å². The van der Waals surface area contributed by atoms with Crippen molar-refractivity contribution in [3.05, 3.63) is 0 Å². The summed E-state index contributed by atoms with van der Waals surface area (Å²) in [7, 11) is 0. The van der Waals surface area contributed by atoms with Crippen molar-refractivity contribution in [3.63, 3.8) is 0 Å². The minimum atomic E-state index is -1.07. The van der Waals surface area contributed by atoms with Crippen molar-refractivity contribution >= 4 is 29.5 Å². The molecule has 2 aliphatic rings. The highest BCUT2D eigenvalue weighted by Gasteiger charge is 2.38. The molecule has 7 nitrogen and oxygen atoms in total. The van der Waals surface area contributed by atoms with Gasteiger partial charge >= 0.3 is 5.97 Å². The second-order valence-corrected chi connectivity index (χ2v) is 5.49. The van der Waals surface area contributed by atoms with Gasteiger partial charge in [-0.15, -0.1) is 11.8 Å². The van der Waals surface area contributed by atoms with Crippen molar-refractivity contribution in [2.24, 2.45) is 0 Å². The van der Waals surface area contributed by atoms with Gasteiger partial charge in [0.05, 0.1) is 19.0 Å². The average molecular weight is 288 g/mol. The Balaban J connectivity index is 2.02. The first-order chi connectivity index (χ1) is 9.00. The van der Waals surface area contributed by atoms with Crippen LogP contribution in [0.3, 0.4) is 0 Å². The number of rotatable bonds is 2. The number of thioether (sulfide) groups is 1. The van der Waals surface area contributed by atoms with Gasteiger partial charge in [0.2, 0.25) is 11.8 Å². The lowest BCUT2D eigenvalue weighted by Crippen LogP contribution is -2.54. The maximum atomic E-state index is 12.4. The summed E-state index contributed by atoms with van der Waals surface area (Å²) in [5, 5.41) is 8.91. The third-order valence-electron chi connectivity index (χ3n) is 3.23. The van der Waals surface area contributed by atoms with E-state index in [2.05, 4.69) is 0 Å². The molecule has 0 aromatic rings. The number of amides is 2. The van der Waals surface area contributed by atoms with Crippen molar-refractivity contribution in [1.29, 1.82) is 0 Å². The number of morpholine rings is 1. The molecule has 19 heavy (non-hydrogen) atoms. The van der Waals surface area contributed by atoms with Gasteiger partial charge in [0, 0.05) is 19.2 Å². The van der Waals surface area contributed by atoms with E-state index in [0.717, 1.165) is 0 Å². The van der Waals surface area contributed by atoms with E-state index in [-0.39, 0.29) is 25.0 Å². The quantitative estimate of drug-likeness (QED) is 0.717. The van der Waals surface area contributed by atoms with Crippen molar-refractivity contribution in [2.45, 2.75) is 19.1 Å². The molecule has 0 aromatic carbocycles. The molecule has 0 saturated carbocycles. The van der Waals surface area contributed by atoms with Crippen LogP contribution in [0.2, 0.25) is 0 Å². The van der Waals surface area contributed by atoms with Crippen LogP contribution < -0.4 is 0 Å². The van der Waals surface area contributed by atoms with Gasteiger partial charge in [0.1, 0.15) is 6.04 Å². The van der Waals surface area contributed by atoms with E-state index in [9.17, 15) is 14.4 Å². The monoisotopic (exact) mass is 288 g/mol. The zero-order valence-electron chi connectivity index (χ0n) is 10.6. The summed E-state index contributed by atoms with van der Waals surface area (Å²) in [5.41, 5.74) is 0. The smallest absolute Gasteiger partial charge is 0.334 e. The van der Waals surface area contributed by atoms with Crippen molar-refractivity contribution in [1.82, 2.24) is 9.80 Å². The van der Waals surface area contributed by atoms with E-state index in [1.165, 1.54) is 28.5 Å². The van der Waals surface area contributed by atoms with Gasteiger partial charge in [-0.25, -0.2) is 4.79 Å². The zero-order valence-corrected chi connectivity index (χ0v) is 11.4. The van der Waals surface area contributed by atoms with Crippen LogP contribution in [-0.2, 0) is 19.1 Å². The standard InChI is InChI=1S/C11H16N2O5S/c1-7(14)13-6-19-5-8(13)10(15)12-2-3-18-9(4-12)11(16)17/h8-9H,2-6H2,1H3,(H,16,17)/t8-,9+/m0/s1. The SMILES string of the molecule is CC(=O)N1CSC[C@H]1C(=O)N1CCO[C@@H](C(=O)O)C1. The van der Waals surface area contributed by atoms with Crippen LogP contribution in [0.25, 0.3) is 0 Å². The maximum absolute atomic E-state index is 12.4. The van der Waals surface area contributed by atoms with Crippen LogP contribution in [-0.4, -0.2) is 76.2 Å². The lowest BCUT2D eigenvalue weighted by atomic mass is 10.2. The summed E-state index contributed by atoms with van der Waals surface area (Å²) >= 11 is 1.53. The molecule has 0 unspecified atom stereocenters. The van der Waals surface area contributed by atoms with Crippen LogP contribution in [0.5, 0.6) is 0 Å². The van der Waals surface area contributed by atoms with Gasteiger partial charge in [-0.1, -0.05) is 0 Å².